The number of anilines is 2. The Labute approximate surface area is 195 Å². The highest BCUT2D eigenvalue weighted by atomic mass is 16.5. The Hall–Kier alpha value is -2.61. The topological polar surface area (TPSA) is 99.8 Å². The van der Waals surface area contributed by atoms with E-state index in [2.05, 4.69) is 16.0 Å². The largest absolute Gasteiger partial charge is 0.381 e. The molecule has 3 aliphatic rings. The lowest BCUT2D eigenvalue weighted by Crippen LogP contribution is -2.51. The first-order valence-corrected chi connectivity index (χ1v) is 12.2. The van der Waals surface area contributed by atoms with Gasteiger partial charge in [0.2, 0.25) is 11.8 Å². The van der Waals surface area contributed by atoms with E-state index in [1.165, 1.54) is 24.2 Å². The molecule has 8 heteroatoms. The standard InChI is InChI=1S/C25H36N4O4/c1-29(2)24(32)28-21(17-8-6-4-3-5-7-9-17)22(30)26-18-10-11-19-20(16-18)27-23(31)25(19)12-14-33-15-13-25/h10-11,16-17,21H,3-9,12-15H2,1-2H3,(H,26,30)(H,27,31)(H,28,32). The third-order valence-electron chi connectivity index (χ3n) is 7.42. The molecule has 0 aromatic heterocycles. The van der Waals surface area contributed by atoms with Crippen molar-refractivity contribution >= 4 is 29.2 Å². The van der Waals surface area contributed by atoms with Crippen LogP contribution >= 0.6 is 0 Å². The number of benzene rings is 1. The molecular weight excluding hydrogens is 420 g/mol. The van der Waals surface area contributed by atoms with Crippen LogP contribution in [0.4, 0.5) is 16.2 Å². The number of urea groups is 1. The van der Waals surface area contributed by atoms with E-state index >= 15 is 0 Å². The highest BCUT2D eigenvalue weighted by Crippen LogP contribution is 2.45. The molecule has 1 saturated heterocycles. The number of fused-ring (bicyclic) bond motifs is 2. The van der Waals surface area contributed by atoms with Crippen LogP contribution in [0.3, 0.4) is 0 Å². The summed E-state index contributed by atoms with van der Waals surface area (Å²) in [6.07, 6.45) is 8.91. The second-order valence-corrected chi connectivity index (χ2v) is 9.83. The molecule has 1 atom stereocenters. The van der Waals surface area contributed by atoms with Gasteiger partial charge < -0.3 is 25.6 Å². The zero-order valence-corrected chi connectivity index (χ0v) is 19.7. The molecule has 33 heavy (non-hydrogen) atoms. The SMILES string of the molecule is CN(C)C(=O)NC(C(=O)Nc1ccc2c(c1)NC(=O)C21CCOCC1)C1CCCCCCC1. The van der Waals surface area contributed by atoms with Gasteiger partial charge >= 0.3 is 6.03 Å². The minimum Gasteiger partial charge on any atom is -0.381 e. The van der Waals surface area contributed by atoms with Crippen LogP contribution in [-0.4, -0.2) is 56.1 Å². The number of amides is 4. The van der Waals surface area contributed by atoms with Gasteiger partial charge in [0.1, 0.15) is 6.04 Å². The predicted octanol–water partition coefficient (Wildman–Crippen LogP) is 3.63. The fourth-order valence-electron chi connectivity index (χ4n) is 5.42. The minimum atomic E-state index is -0.595. The van der Waals surface area contributed by atoms with Crippen molar-refractivity contribution in [3.05, 3.63) is 23.8 Å². The van der Waals surface area contributed by atoms with Gasteiger partial charge in [-0.05, 0) is 49.3 Å². The Balaban J connectivity index is 1.52. The van der Waals surface area contributed by atoms with E-state index in [-0.39, 0.29) is 23.8 Å². The van der Waals surface area contributed by atoms with E-state index in [0.717, 1.165) is 36.9 Å². The van der Waals surface area contributed by atoms with E-state index < -0.39 is 11.5 Å². The van der Waals surface area contributed by atoms with Crippen molar-refractivity contribution in [2.75, 3.05) is 37.9 Å². The van der Waals surface area contributed by atoms with Gasteiger partial charge in [-0.3, -0.25) is 9.59 Å². The summed E-state index contributed by atoms with van der Waals surface area (Å²) in [6, 6.07) is 4.77. The molecule has 4 amide bonds. The summed E-state index contributed by atoms with van der Waals surface area (Å²) < 4.78 is 5.47. The van der Waals surface area contributed by atoms with Crippen molar-refractivity contribution in [3.8, 4) is 0 Å². The van der Waals surface area contributed by atoms with E-state index in [9.17, 15) is 14.4 Å². The zero-order valence-electron chi connectivity index (χ0n) is 19.7. The van der Waals surface area contributed by atoms with Crippen molar-refractivity contribution in [2.45, 2.75) is 69.2 Å². The summed E-state index contributed by atoms with van der Waals surface area (Å²) in [4.78, 5) is 40.1. The van der Waals surface area contributed by atoms with Crippen LogP contribution in [0, 0.1) is 5.92 Å². The Morgan fingerprint density at radius 3 is 2.42 bits per heavy atom. The Morgan fingerprint density at radius 1 is 1.09 bits per heavy atom. The summed E-state index contributed by atoms with van der Waals surface area (Å²) in [6.45, 7) is 1.14. The molecular formula is C25H36N4O4. The van der Waals surface area contributed by atoms with E-state index in [1.54, 1.807) is 14.1 Å². The first kappa shape index (κ1) is 23.5. The summed E-state index contributed by atoms with van der Waals surface area (Å²) in [5.74, 6) is -0.0930. The van der Waals surface area contributed by atoms with Crippen LogP contribution in [-0.2, 0) is 19.7 Å². The normalized spacial score (nSPS) is 21.3. The van der Waals surface area contributed by atoms with Crippen LogP contribution in [0.2, 0.25) is 0 Å². The number of hydrogen-bond acceptors (Lipinski definition) is 4. The van der Waals surface area contributed by atoms with Gasteiger partial charge in [-0.25, -0.2) is 4.79 Å². The number of carbonyl (C=O) groups excluding carboxylic acids is 3. The van der Waals surface area contributed by atoms with Gasteiger partial charge in [-0.1, -0.05) is 38.2 Å². The Kier molecular flexibility index (Phi) is 7.22. The summed E-state index contributed by atoms with van der Waals surface area (Å²) in [5, 5.41) is 8.96. The predicted molar refractivity (Wildman–Crippen MR) is 127 cm³/mol. The van der Waals surface area contributed by atoms with Crippen LogP contribution in [0.5, 0.6) is 0 Å². The maximum Gasteiger partial charge on any atom is 0.317 e. The van der Waals surface area contributed by atoms with Gasteiger partial charge in [-0.15, -0.1) is 0 Å². The van der Waals surface area contributed by atoms with E-state index in [0.29, 0.717) is 31.7 Å². The van der Waals surface area contributed by atoms with Gasteiger partial charge in [-0.2, -0.15) is 0 Å². The first-order chi connectivity index (χ1) is 15.9. The second kappa shape index (κ2) is 10.1. The number of nitrogens with zero attached hydrogens (tertiary/aromatic N) is 1. The minimum absolute atomic E-state index is 0.00919. The molecule has 180 valence electrons. The highest BCUT2D eigenvalue weighted by Gasteiger charge is 2.47. The van der Waals surface area contributed by atoms with E-state index in [1.807, 2.05) is 18.2 Å². The van der Waals surface area contributed by atoms with Crippen LogP contribution in [0.25, 0.3) is 0 Å². The monoisotopic (exact) mass is 456 g/mol. The number of ether oxygens (including phenoxy) is 1. The van der Waals surface area contributed by atoms with Crippen LogP contribution in [0.15, 0.2) is 18.2 Å². The molecule has 1 unspecified atom stereocenters. The number of carbonyl (C=O) groups is 3. The molecule has 4 rings (SSSR count). The zero-order chi connectivity index (χ0) is 23.4. The molecule has 2 fully saturated rings. The average Bonchev–Trinajstić information content (AvgIpc) is 3.02. The molecule has 2 aliphatic heterocycles. The first-order valence-electron chi connectivity index (χ1n) is 12.2. The molecule has 1 aromatic rings. The van der Waals surface area contributed by atoms with Crippen molar-refractivity contribution in [2.24, 2.45) is 5.92 Å². The smallest absolute Gasteiger partial charge is 0.317 e. The third kappa shape index (κ3) is 5.00. The van der Waals surface area contributed by atoms with Crippen LogP contribution in [0.1, 0.15) is 63.4 Å². The number of rotatable bonds is 4. The lowest BCUT2D eigenvalue weighted by atomic mass is 9.75. The maximum absolute atomic E-state index is 13.4. The molecule has 1 spiro atoms. The molecule has 2 heterocycles. The van der Waals surface area contributed by atoms with Gasteiger partial charge in [0.15, 0.2) is 0 Å². The van der Waals surface area contributed by atoms with Crippen LogP contribution < -0.4 is 16.0 Å². The second-order valence-electron chi connectivity index (χ2n) is 9.83. The summed E-state index contributed by atoms with van der Waals surface area (Å²) in [7, 11) is 3.36. The molecule has 1 saturated carbocycles. The lowest BCUT2D eigenvalue weighted by molar-refractivity contribution is -0.124. The van der Waals surface area contributed by atoms with Crippen molar-refractivity contribution in [1.29, 1.82) is 0 Å². The fourth-order valence-corrected chi connectivity index (χ4v) is 5.42. The summed E-state index contributed by atoms with van der Waals surface area (Å²) >= 11 is 0. The van der Waals surface area contributed by atoms with Gasteiger partial charge in [0.25, 0.3) is 0 Å². The van der Waals surface area contributed by atoms with Gasteiger partial charge in [0, 0.05) is 38.7 Å². The van der Waals surface area contributed by atoms with E-state index in [4.69, 9.17) is 4.74 Å². The lowest BCUT2D eigenvalue weighted by Gasteiger charge is -2.31. The molecule has 1 aromatic carbocycles. The average molecular weight is 457 g/mol. The highest BCUT2D eigenvalue weighted by molar-refractivity contribution is 6.07. The van der Waals surface area contributed by atoms with Gasteiger partial charge in [0.05, 0.1) is 5.41 Å². The van der Waals surface area contributed by atoms with Crippen molar-refractivity contribution in [3.63, 3.8) is 0 Å². The van der Waals surface area contributed by atoms with Crippen molar-refractivity contribution in [1.82, 2.24) is 10.2 Å². The molecule has 8 nitrogen and oxygen atoms in total. The molecule has 1 aliphatic carbocycles. The summed E-state index contributed by atoms with van der Waals surface area (Å²) in [5.41, 5.74) is 1.82. The molecule has 0 bridgehead atoms. The third-order valence-corrected chi connectivity index (χ3v) is 7.42. The Morgan fingerprint density at radius 2 is 1.76 bits per heavy atom. The fraction of sp³-hybridized carbons (Fsp3) is 0.640. The maximum atomic E-state index is 13.4. The molecule has 3 N–H and O–H groups in total. The quantitative estimate of drug-likeness (QED) is 0.644. The number of hydrogen-bond donors (Lipinski definition) is 3. The van der Waals surface area contributed by atoms with Crippen molar-refractivity contribution < 1.29 is 19.1 Å². The Bertz CT molecular complexity index is 886. The number of nitrogens with one attached hydrogen (secondary N) is 3. The molecule has 0 radical (unpaired) electrons.